The number of para-hydroxylation sites is 1. The Morgan fingerprint density at radius 1 is 1.43 bits per heavy atom. The van der Waals surface area contributed by atoms with E-state index < -0.39 is 0 Å². The van der Waals surface area contributed by atoms with Gasteiger partial charge in [0.1, 0.15) is 6.04 Å². The number of methoxy groups -OCH3 is 1. The summed E-state index contributed by atoms with van der Waals surface area (Å²) in [5, 5.41) is 1.23. The lowest BCUT2D eigenvalue weighted by Crippen LogP contribution is -2.46. The number of carbonyl (C=O) groups excluding carboxylic acids is 1. The van der Waals surface area contributed by atoms with Gasteiger partial charge in [-0.2, -0.15) is 0 Å². The maximum absolute atomic E-state index is 12.1. The second-order valence-electron chi connectivity index (χ2n) is 5.78. The molecule has 0 unspecified atom stereocenters. The van der Waals surface area contributed by atoms with Crippen LogP contribution in [0.5, 0.6) is 0 Å². The quantitative estimate of drug-likeness (QED) is 0.882. The van der Waals surface area contributed by atoms with E-state index in [-0.39, 0.29) is 18.1 Å². The Labute approximate surface area is 125 Å². The lowest BCUT2D eigenvalue weighted by Gasteiger charge is -2.38. The van der Waals surface area contributed by atoms with Gasteiger partial charge in [0.2, 0.25) is 0 Å². The van der Waals surface area contributed by atoms with Crippen LogP contribution in [0.15, 0.2) is 24.3 Å². The molecule has 2 aromatic rings. The summed E-state index contributed by atoms with van der Waals surface area (Å²) in [6.07, 6.45) is 2.82. The highest BCUT2D eigenvalue weighted by Gasteiger charge is 2.37. The van der Waals surface area contributed by atoms with Crippen molar-refractivity contribution in [2.24, 2.45) is 0 Å². The number of aromatic nitrogens is 1. The molecule has 0 saturated heterocycles. The fourth-order valence-corrected chi connectivity index (χ4v) is 3.49. The van der Waals surface area contributed by atoms with Gasteiger partial charge < -0.3 is 9.72 Å². The van der Waals surface area contributed by atoms with Gasteiger partial charge >= 0.3 is 5.97 Å². The number of hydrogen-bond donors (Lipinski definition) is 1. The molecule has 4 nitrogen and oxygen atoms in total. The number of nitrogens with zero attached hydrogens (tertiary/aromatic N) is 1. The van der Waals surface area contributed by atoms with E-state index in [1.54, 1.807) is 0 Å². The van der Waals surface area contributed by atoms with Crippen molar-refractivity contribution in [3.8, 4) is 0 Å². The Balaban J connectivity index is 2.12. The van der Waals surface area contributed by atoms with Gasteiger partial charge in [-0.3, -0.25) is 9.69 Å². The maximum Gasteiger partial charge on any atom is 0.323 e. The van der Waals surface area contributed by atoms with Crippen LogP contribution in [0.2, 0.25) is 0 Å². The number of rotatable bonds is 3. The molecule has 1 N–H and O–H groups in total. The van der Waals surface area contributed by atoms with Crippen molar-refractivity contribution >= 4 is 16.9 Å². The molecule has 21 heavy (non-hydrogen) atoms. The highest BCUT2D eigenvalue weighted by molar-refractivity contribution is 5.87. The summed E-state index contributed by atoms with van der Waals surface area (Å²) >= 11 is 0. The van der Waals surface area contributed by atoms with Crippen molar-refractivity contribution in [3.05, 3.63) is 35.5 Å². The second kappa shape index (κ2) is 5.53. The summed E-state index contributed by atoms with van der Waals surface area (Å²) in [4.78, 5) is 17.8. The predicted octanol–water partition coefficient (Wildman–Crippen LogP) is 3.04. The fraction of sp³-hybridized carbons (Fsp3) is 0.471. The third kappa shape index (κ3) is 2.23. The van der Waals surface area contributed by atoms with E-state index in [0.717, 1.165) is 18.4 Å². The van der Waals surface area contributed by atoms with Gasteiger partial charge in [0.25, 0.3) is 0 Å². The van der Waals surface area contributed by atoms with Gasteiger partial charge in [-0.15, -0.1) is 0 Å². The molecule has 0 aliphatic carbocycles. The predicted molar refractivity (Wildman–Crippen MR) is 83.2 cm³/mol. The summed E-state index contributed by atoms with van der Waals surface area (Å²) in [5.41, 5.74) is 3.70. The molecule has 0 spiro atoms. The largest absolute Gasteiger partial charge is 0.468 e. The summed E-state index contributed by atoms with van der Waals surface area (Å²) < 4.78 is 5.00. The zero-order valence-electron chi connectivity index (χ0n) is 12.8. The Morgan fingerprint density at radius 3 is 2.90 bits per heavy atom. The van der Waals surface area contributed by atoms with E-state index in [1.807, 2.05) is 13.1 Å². The first-order valence-electron chi connectivity index (χ1n) is 7.56. The number of ether oxygens (including phenoxy) is 1. The molecule has 0 radical (unpaired) electrons. The van der Waals surface area contributed by atoms with E-state index in [1.165, 1.54) is 23.8 Å². The molecule has 0 saturated carbocycles. The number of hydrogen-bond acceptors (Lipinski definition) is 3. The molecule has 1 aromatic carbocycles. The van der Waals surface area contributed by atoms with E-state index in [0.29, 0.717) is 6.42 Å². The molecule has 1 aliphatic heterocycles. The molecule has 2 heterocycles. The average Bonchev–Trinajstić information content (AvgIpc) is 2.87. The monoisotopic (exact) mass is 286 g/mol. The summed E-state index contributed by atoms with van der Waals surface area (Å²) in [5.74, 6) is -0.144. The molecule has 0 bridgehead atoms. The zero-order valence-corrected chi connectivity index (χ0v) is 12.8. The van der Waals surface area contributed by atoms with Crippen LogP contribution in [0.4, 0.5) is 0 Å². The van der Waals surface area contributed by atoms with Gasteiger partial charge in [0.15, 0.2) is 0 Å². The molecule has 3 rings (SSSR count). The topological polar surface area (TPSA) is 45.3 Å². The van der Waals surface area contributed by atoms with E-state index in [2.05, 4.69) is 35.0 Å². The summed E-state index contributed by atoms with van der Waals surface area (Å²) in [6, 6.07) is 8.38. The fourth-order valence-electron chi connectivity index (χ4n) is 3.49. The first-order valence-corrected chi connectivity index (χ1v) is 7.56. The molecule has 4 heteroatoms. The Bertz CT molecular complexity index is 662. The standard InChI is InChI=1S/C17H22N2O2/c1-4-7-14-16-12(10-15(19(14)2)17(20)21-3)11-8-5-6-9-13(11)18-16/h5-6,8-9,14-15,18H,4,7,10H2,1-3H3/t14-,15-/m0/s1. The lowest BCUT2D eigenvalue weighted by molar-refractivity contribution is -0.148. The van der Waals surface area contributed by atoms with Crippen LogP contribution >= 0.6 is 0 Å². The molecule has 1 aromatic heterocycles. The van der Waals surface area contributed by atoms with Crippen LogP contribution in [-0.2, 0) is 16.0 Å². The molecular formula is C17H22N2O2. The zero-order chi connectivity index (χ0) is 15.0. The molecule has 1 aliphatic rings. The number of H-pyrrole nitrogens is 1. The number of benzene rings is 1. The van der Waals surface area contributed by atoms with E-state index in [9.17, 15) is 4.79 Å². The van der Waals surface area contributed by atoms with Gasteiger partial charge in [-0.05, 0) is 25.1 Å². The Hall–Kier alpha value is -1.81. The van der Waals surface area contributed by atoms with Crippen LogP contribution < -0.4 is 0 Å². The number of esters is 1. The third-order valence-electron chi connectivity index (χ3n) is 4.60. The Kier molecular flexibility index (Phi) is 3.72. The Morgan fingerprint density at radius 2 is 2.19 bits per heavy atom. The second-order valence-corrected chi connectivity index (χ2v) is 5.78. The maximum atomic E-state index is 12.1. The molecule has 2 atom stereocenters. The molecule has 0 amide bonds. The van der Waals surface area contributed by atoms with E-state index in [4.69, 9.17) is 4.74 Å². The van der Waals surface area contributed by atoms with Crippen LogP contribution in [0, 0.1) is 0 Å². The van der Waals surface area contributed by atoms with Crippen molar-refractivity contribution in [3.63, 3.8) is 0 Å². The van der Waals surface area contributed by atoms with Gasteiger partial charge in [0, 0.05) is 23.0 Å². The smallest absolute Gasteiger partial charge is 0.323 e. The minimum absolute atomic E-state index is 0.144. The van der Waals surface area contributed by atoms with Crippen LogP contribution in [0.3, 0.4) is 0 Å². The van der Waals surface area contributed by atoms with Crippen molar-refractivity contribution < 1.29 is 9.53 Å². The SMILES string of the molecule is CCC[C@H]1c2[nH]c3ccccc3c2C[C@@H](C(=O)OC)N1C. The van der Waals surface area contributed by atoms with Crippen molar-refractivity contribution in [2.75, 3.05) is 14.2 Å². The van der Waals surface area contributed by atoms with Gasteiger partial charge in [-0.25, -0.2) is 0 Å². The average molecular weight is 286 g/mol. The summed E-state index contributed by atoms with van der Waals surface area (Å²) in [7, 11) is 3.49. The van der Waals surface area contributed by atoms with Gasteiger partial charge in [-0.1, -0.05) is 31.5 Å². The van der Waals surface area contributed by atoms with Crippen LogP contribution in [0.1, 0.15) is 37.1 Å². The highest BCUT2D eigenvalue weighted by Crippen LogP contribution is 2.38. The number of aromatic amines is 1. The van der Waals surface area contributed by atoms with Crippen LogP contribution in [-0.4, -0.2) is 36.1 Å². The van der Waals surface area contributed by atoms with Crippen molar-refractivity contribution in [1.82, 2.24) is 9.88 Å². The first kappa shape index (κ1) is 14.1. The molecular weight excluding hydrogens is 264 g/mol. The number of fused-ring (bicyclic) bond motifs is 3. The minimum Gasteiger partial charge on any atom is -0.468 e. The minimum atomic E-state index is -0.196. The molecule has 0 fully saturated rings. The molecule has 112 valence electrons. The van der Waals surface area contributed by atoms with E-state index >= 15 is 0 Å². The first-order chi connectivity index (χ1) is 10.2. The normalized spacial score (nSPS) is 22.2. The van der Waals surface area contributed by atoms with Crippen molar-refractivity contribution in [2.45, 2.75) is 38.3 Å². The summed E-state index contributed by atoms with van der Waals surface area (Å²) in [6.45, 7) is 2.18. The number of nitrogens with one attached hydrogen (secondary N) is 1. The number of carbonyl (C=O) groups is 1. The third-order valence-corrected chi connectivity index (χ3v) is 4.60. The van der Waals surface area contributed by atoms with Gasteiger partial charge in [0.05, 0.1) is 13.2 Å². The lowest BCUT2D eigenvalue weighted by atomic mass is 9.90. The van der Waals surface area contributed by atoms with Crippen molar-refractivity contribution in [1.29, 1.82) is 0 Å². The highest BCUT2D eigenvalue weighted by atomic mass is 16.5. The number of likely N-dealkylation sites (N-methyl/N-ethyl adjacent to an activating group) is 1. The van der Waals surface area contributed by atoms with Crippen LogP contribution in [0.25, 0.3) is 10.9 Å².